The van der Waals surface area contributed by atoms with Crippen molar-refractivity contribution in [1.29, 1.82) is 0 Å². The van der Waals surface area contributed by atoms with Gasteiger partial charge in [0.15, 0.2) is 0 Å². The molecule has 0 radical (unpaired) electrons. The molecule has 0 aliphatic rings. The molecule has 52 heavy (non-hydrogen) atoms. The Morgan fingerprint density at radius 2 is 1.17 bits per heavy atom. The molecule has 6 aromatic carbocycles. The second kappa shape index (κ2) is 12.1. The lowest BCUT2D eigenvalue weighted by Gasteiger charge is -2.13. The predicted octanol–water partition coefficient (Wildman–Crippen LogP) is 12.1. The second-order valence-corrected chi connectivity index (χ2v) is 13.1. The van der Waals surface area contributed by atoms with Crippen LogP contribution in [-0.2, 0) is 0 Å². The Bertz CT molecular complexity index is 2930. The van der Waals surface area contributed by atoms with Gasteiger partial charge >= 0.3 is 0 Å². The Kier molecular flexibility index (Phi) is 6.96. The molecule has 4 heterocycles. The van der Waals surface area contributed by atoms with Gasteiger partial charge in [0.1, 0.15) is 17.3 Å². The fraction of sp³-hybridized carbons (Fsp3) is 0.0213. The van der Waals surface area contributed by atoms with Gasteiger partial charge in [0.25, 0.3) is 0 Å². The molecule has 0 aliphatic heterocycles. The molecule has 4 aromatic heterocycles. The van der Waals surface area contributed by atoms with Gasteiger partial charge in [-0.2, -0.15) is 0 Å². The number of hydrogen-bond donors (Lipinski definition) is 0. The lowest BCUT2D eigenvalue weighted by Crippen LogP contribution is -1.99. The van der Waals surface area contributed by atoms with Crippen LogP contribution in [0, 0.1) is 6.92 Å². The van der Waals surface area contributed by atoms with Crippen LogP contribution in [0.15, 0.2) is 176 Å². The normalized spacial score (nSPS) is 11.6. The largest absolute Gasteiger partial charge is 0.457 e. The number of para-hydroxylation sites is 2. The Hall–Kier alpha value is -6.98. The van der Waals surface area contributed by atoms with E-state index in [4.69, 9.17) is 9.72 Å². The maximum absolute atomic E-state index is 6.60. The summed E-state index contributed by atoms with van der Waals surface area (Å²) in [6, 6.07) is 57.0. The number of aromatic nitrogens is 4. The third-order valence-corrected chi connectivity index (χ3v) is 9.98. The second-order valence-electron chi connectivity index (χ2n) is 13.1. The first kappa shape index (κ1) is 29.9. The molecule has 0 saturated heterocycles. The lowest BCUT2D eigenvalue weighted by atomic mass is 10.0. The molecule has 0 spiro atoms. The third kappa shape index (κ3) is 4.86. The monoisotopic (exact) mass is 668 g/mol. The Balaban J connectivity index is 1.24. The van der Waals surface area contributed by atoms with Gasteiger partial charge in [-0.3, -0.25) is 9.55 Å². The van der Waals surface area contributed by atoms with E-state index >= 15 is 0 Å². The average molecular weight is 669 g/mol. The summed E-state index contributed by atoms with van der Waals surface area (Å²) < 4.78 is 11.3. The first-order chi connectivity index (χ1) is 25.7. The van der Waals surface area contributed by atoms with Crippen molar-refractivity contribution in [2.45, 2.75) is 6.92 Å². The van der Waals surface area contributed by atoms with Crippen molar-refractivity contribution in [1.82, 2.24) is 19.1 Å². The zero-order valence-electron chi connectivity index (χ0n) is 28.4. The molecule has 0 unspecified atom stereocenters. The number of ether oxygens (including phenoxy) is 1. The molecular formula is C47H32N4O. The van der Waals surface area contributed by atoms with Crippen LogP contribution < -0.4 is 4.74 Å². The number of pyridine rings is 2. The maximum atomic E-state index is 6.60. The molecule has 0 aliphatic carbocycles. The van der Waals surface area contributed by atoms with E-state index in [1.165, 1.54) is 21.7 Å². The number of fused-ring (bicyclic) bond motifs is 7. The van der Waals surface area contributed by atoms with Gasteiger partial charge < -0.3 is 9.30 Å². The maximum Gasteiger partial charge on any atom is 0.138 e. The van der Waals surface area contributed by atoms with Gasteiger partial charge in [-0.15, -0.1) is 0 Å². The van der Waals surface area contributed by atoms with E-state index in [2.05, 4.69) is 148 Å². The van der Waals surface area contributed by atoms with Crippen molar-refractivity contribution in [3.8, 4) is 45.4 Å². The van der Waals surface area contributed by atoms with E-state index < -0.39 is 0 Å². The van der Waals surface area contributed by atoms with E-state index in [9.17, 15) is 0 Å². The highest BCUT2D eigenvalue weighted by atomic mass is 16.5. The zero-order valence-corrected chi connectivity index (χ0v) is 28.4. The van der Waals surface area contributed by atoms with Gasteiger partial charge in [-0.25, -0.2) is 4.98 Å². The molecule has 0 amide bonds. The van der Waals surface area contributed by atoms with Gasteiger partial charge in [0.05, 0.1) is 27.8 Å². The van der Waals surface area contributed by atoms with E-state index in [1.54, 1.807) is 0 Å². The van der Waals surface area contributed by atoms with Crippen LogP contribution in [0.5, 0.6) is 11.5 Å². The number of benzene rings is 6. The molecule has 0 fully saturated rings. The van der Waals surface area contributed by atoms with E-state index in [-0.39, 0.29) is 0 Å². The Morgan fingerprint density at radius 3 is 1.98 bits per heavy atom. The minimum Gasteiger partial charge on any atom is -0.457 e. The van der Waals surface area contributed by atoms with E-state index in [0.717, 1.165) is 72.9 Å². The SMILES string of the molecule is Cc1cnc(-n2c3cc(Oc4cccc(-c5ccccn5)c4)ccc3c3c4c5ccccc5n(-c5ccccc5)c4ccc32)cc1-c1ccccc1. The van der Waals surface area contributed by atoms with Crippen molar-refractivity contribution < 1.29 is 4.74 Å². The zero-order chi connectivity index (χ0) is 34.6. The summed E-state index contributed by atoms with van der Waals surface area (Å²) in [7, 11) is 0. The summed E-state index contributed by atoms with van der Waals surface area (Å²) in [4.78, 5) is 9.61. The average Bonchev–Trinajstić information content (AvgIpc) is 3.72. The number of nitrogens with zero attached hydrogens (tertiary/aromatic N) is 4. The number of hydrogen-bond acceptors (Lipinski definition) is 3. The molecule has 10 aromatic rings. The summed E-state index contributed by atoms with van der Waals surface area (Å²) in [5.74, 6) is 2.34. The fourth-order valence-electron chi connectivity index (χ4n) is 7.66. The van der Waals surface area contributed by atoms with Gasteiger partial charge in [-0.1, -0.05) is 84.9 Å². The first-order valence-corrected chi connectivity index (χ1v) is 17.5. The van der Waals surface area contributed by atoms with Crippen LogP contribution >= 0.6 is 0 Å². The highest BCUT2D eigenvalue weighted by molar-refractivity contribution is 6.29. The number of aryl methyl sites for hydroxylation is 1. The molecule has 0 atom stereocenters. The third-order valence-electron chi connectivity index (χ3n) is 9.98. The Morgan fingerprint density at radius 1 is 0.481 bits per heavy atom. The summed E-state index contributed by atoms with van der Waals surface area (Å²) >= 11 is 0. The predicted molar refractivity (Wildman–Crippen MR) is 213 cm³/mol. The van der Waals surface area contributed by atoms with Crippen LogP contribution in [0.2, 0.25) is 0 Å². The highest BCUT2D eigenvalue weighted by Crippen LogP contribution is 2.43. The van der Waals surface area contributed by atoms with Crippen LogP contribution in [-0.4, -0.2) is 19.1 Å². The first-order valence-electron chi connectivity index (χ1n) is 17.5. The van der Waals surface area contributed by atoms with Gasteiger partial charge in [-0.05, 0) is 96.4 Å². The van der Waals surface area contributed by atoms with Crippen molar-refractivity contribution in [2.24, 2.45) is 0 Å². The summed E-state index contributed by atoms with van der Waals surface area (Å²) in [6.45, 7) is 2.12. The molecule has 246 valence electrons. The van der Waals surface area contributed by atoms with Crippen molar-refractivity contribution in [3.05, 3.63) is 182 Å². The van der Waals surface area contributed by atoms with Crippen LogP contribution in [0.25, 0.3) is 77.5 Å². The summed E-state index contributed by atoms with van der Waals surface area (Å²) in [6.07, 6.45) is 3.80. The number of rotatable bonds is 6. The van der Waals surface area contributed by atoms with Crippen molar-refractivity contribution in [3.63, 3.8) is 0 Å². The summed E-state index contributed by atoms with van der Waals surface area (Å²) in [5, 5.41) is 4.74. The van der Waals surface area contributed by atoms with Crippen molar-refractivity contribution >= 4 is 43.6 Å². The molecule has 5 heteroatoms. The molecule has 5 nitrogen and oxygen atoms in total. The highest BCUT2D eigenvalue weighted by Gasteiger charge is 2.22. The standard InChI is InChI=1S/C47H32N4O/c1-31-30-49-45(29-39(31)32-13-4-2-5-14-32)51-43-25-24-42-46(37-19-8-9-21-41(37)50(42)34-16-6-3-7-17-34)47(43)38-23-22-36(28-44(38)51)52-35-18-12-15-33(27-35)40-20-10-11-26-48-40/h2-30H,1H3. The smallest absolute Gasteiger partial charge is 0.138 e. The van der Waals surface area contributed by atoms with Gasteiger partial charge in [0.2, 0.25) is 0 Å². The molecule has 0 saturated carbocycles. The molecule has 10 rings (SSSR count). The summed E-state index contributed by atoms with van der Waals surface area (Å²) in [5.41, 5.74) is 10.9. The topological polar surface area (TPSA) is 44.9 Å². The van der Waals surface area contributed by atoms with E-state index in [1.807, 2.05) is 48.8 Å². The van der Waals surface area contributed by atoms with Crippen molar-refractivity contribution in [2.75, 3.05) is 0 Å². The van der Waals surface area contributed by atoms with E-state index in [0.29, 0.717) is 0 Å². The molecular weight excluding hydrogens is 637 g/mol. The van der Waals surface area contributed by atoms with Crippen LogP contribution in [0.3, 0.4) is 0 Å². The van der Waals surface area contributed by atoms with Crippen LogP contribution in [0.1, 0.15) is 5.56 Å². The fourth-order valence-corrected chi connectivity index (χ4v) is 7.66. The lowest BCUT2D eigenvalue weighted by molar-refractivity contribution is 0.483. The van der Waals surface area contributed by atoms with Gasteiger partial charge in [0, 0.05) is 51.3 Å². The quantitative estimate of drug-likeness (QED) is 0.177. The minimum atomic E-state index is 0.744. The van der Waals surface area contributed by atoms with Crippen LogP contribution in [0.4, 0.5) is 0 Å². The molecule has 0 N–H and O–H groups in total. The minimum absolute atomic E-state index is 0.744. The molecule has 0 bridgehead atoms. The Labute approximate surface area is 300 Å².